The van der Waals surface area contributed by atoms with Crippen LogP contribution in [0.4, 0.5) is 0 Å². The molecular weight excluding hydrogens is 228 g/mol. The molecule has 2 atom stereocenters. The predicted molar refractivity (Wildman–Crippen MR) is 74.3 cm³/mol. The normalized spacial score (nSPS) is 24.2. The number of likely N-dealkylation sites (N-methyl/N-ethyl adjacent to an activating group) is 2. The molecule has 1 aliphatic heterocycles. The Hall–Kier alpha value is -0.650. The summed E-state index contributed by atoms with van der Waals surface area (Å²) in [5.41, 5.74) is 5.65. The molecule has 0 aromatic carbocycles. The van der Waals surface area contributed by atoms with Crippen LogP contribution in [-0.2, 0) is 4.79 Å². The molecule has 106 valence electrons. The van der Waals surface area contributed by atoms with E-state index in [2.05, 4.69) is 29.2 Å². The fourth-order valence-corrected chi connectivity index (χ4v) is 2.35. The molecule has 5 heteroatoms. The number of hydrogen-bond donors (Lipinski definition) is 2. The summed E-state index contributed by atoms with van der Waals surface area (Å²) in [6, 6.07) is 0.401. The van der Waals surface area contributed by atoms with E-state index in [1.54, 1.807) is 0 Å². The molecule has 0 aromatic rings. The molecule has 1 fully saturated rings. The lowest BCUT2D eigenvalue weighted by atomic mass is 9.95. The van der Waals surface area contributed by atoms with Crippen LogP contribution >= 0.6 is 0 Å². The van der Waals surface area contributed by atoms with E-state index in [4.69, 9.17) is 5.73 Å². The van der Waals surface area contributed by atoms with Crippen LogP contribution in [-0.4, -0.2) is 68.6 Å². The summed E-state index contributed by atoms with van der Waals surface area (Å²) < 4.78 is 0. The van der Waals surface area contributed by atoms with Crippen LogP contribution in [0.3, 0.4) is 0 Å². The van der Waals surface area contributed by atoms with Gasteiger partial charge in [0, 0.05) is 38.8 Å². The molecule has 1 rings (SSSR count). The van der Waals surface area contributed by atoms with Gasteiger partial charge in [0.25, 0.3) is 0 Å². The van der Waals surface area contributed by atoms with Crippen molar-refractivity contribution in [2.24, 2.45) is 17.6 Å². The molecule has 0 bridgehead atoms. The largest absolute Gasteiger partial charge is 0.354 e. The molecule has 0 saturated carbocycles. The highest BCUT2D eigenvalue weighted by Gasteiger charge is 2.25. The number of carbonyl (C=O) groups excluding carboxylic acids is 1. The van der Waals surface area contributed by atoms with Crippen molar-refractivity contribution in [3.8, 4) is 0 Å². The van der Waals surface area contributed by atoms with Crippen molar-refractivity contribution in [2.45, 2.75) is 19.9 Å². The first-order chi connectivity index (χ1) is 8.45. The topological polar surface area (TPSA) is 61.6 Å². The maximum atomic E-state index is 12.0. The minimum atomic E-state index is -0.0726. The SMILES string of the molecule is CC(C)C(CN)C(=O)NCC1CN(C)CCN1C. The lowest BCUT2D eigenvalue weighted by Crippen LogP contribution is -2.55. The first-order valence-corrected chi connectivity index (χ1v) is 6.82. The van der Waals surface area contributed by atoms with Crippen molar-refractivity contribution >= 4 is 5.91 Å². The lowest BCUT2D eigenvalue weighted by Gasteiger charge is -2.38. The Kier molecular flexibility index (Phi) is 6.05. The highest BCUT2D eigenvalue weighted by atomic mass is 16.1. The number of piperazine rings is 1. The monoisotopic (exact) mass is 256 g/mol. The van der Waals surface area contributed by atoms with Gasteiger partial charge in [-0.25, -0.2) is 0 Å². The van der Waals surface area contributed by atoms with Crippen molar-refractivity contribution in [1.29, 1.82) is 0 Å². The van der Waals surface area contributed by atoms with Gasteiger partial charge >= 0.3 is 0 Å². The lowest BCUT2D eigenvalue weighted by molar-refractivity contribution is -0.126. The van der Waals surface area contributed by atoms with E-state index in [0.717, 1.165) is 19.6 Å². The maximum Gasteiger partial charge on any atom is 0.224 e. The summed E-state index contributed by atoms with van der Waals surface area (Å²) in [5.74, 6) is 0.313. The van der Waals surface area contributed by atoms with Crippen LogP contribution in [0.1, 0.15) is 13.8 Å². The molecule has 0 spiro atoms. The summed E-state index contributed by atoms with van der Waals surface area (Å²) in [6.45, 7) is 8.37. The molecule has 0 aromatic heterocycles. The highest BCUT2D eigenvalue weighted by Crippen LogP contribution is 2.10. The summed E-state index contributed by atoms with van der Waals surface area (Å²) in [6.07, 6.45) is 0. The summed E-state index contributed by atoms with van der Waals surface area (Å²) >= 11 is 0. The van der Waals surface area contributed by atoms with Crippen molar-refractivity contribution in [2.75, 3.05) is 46.8 Å². The van der Waals surface area contributed by atoms with Crippen LogP contribution in [0.15, 0.2) is 0 Å². The van der Waals surface area contributed by atoms with Crippen molar-refractivity contribution in [3.63, 3.8) is 0 Å². The van der Waals surface area contributed by atoms with Crippen LogP contribution < -0.4 is 11.1 Å². The predicted octanol–water partition coefficient (Wildman–Crippen LogP) is -0.421. The van der Waals surface area contributed by atoms with Crippen LogP contribution in [0.5, 0.6) is 0 Å². The fourth-order valence-electron chi connectivity index (χ4n) is 2.35. The average Bonchev–Trinajstić information content (AvgIpc) is 2.30. The third-order valence-electron chi connectivity index (χ3n) is 3.89. The molecule has 1 amide bonds. The van der Waals surface area contributed by atoms with E-state index in [-0.39, 0.29) is 11.8 Å². The van der Waals surface area contributed by atoms with E-state index in [9.17, 15) is 4.79 Å². The summed E-state index contributed by atoms with van der Waals surface area (Å²) in [4.78, 5) is 16.6. The summed E-state index contributed by atoms with van der Waals surface area (Å²) in [7, 11) is 4.24. The second kappa shape index (κ2) is 7.07. The third-order valence-corrected chi connectivity index (χ3v) is 3.89. The van der Waals surface area contributed by atoms with Gasteiger partial charge in [-0.15, -0.1) is 0 Å². The minimum Gasteiger partial charge on any atom is -0.354 e. The smallest absolute Gasteiger partial charge is 0.224 e. The highest BCUT2D eigenvalue weighted by molar-refractivity contribution is 5.79. The molecule has 2 unspecified atom stereocenters. The van der Waals surface area contributed by atoms with Gasteiger partial charge in [-0.1, -0.05) is 13.8 Å². The number of nitrogens with zero attached hydrogens (tertiary/aromatic N) is 2. The number of amides is 1. The van der Waals surface area contributed by atoms with Gasteiger partial charge in [0.2, 0.25) is 5.91 Å². The van der Waals surface area contributed by atoms with Crippen molar-refractivity contribution in [1.82, 2.24) is 15.1 Å². The Morgan fingerprint density at radius 1 is 1.39 bits per heavy atom. The van der Waals surface area contributed by atoms with E-state index < -0.39 is 0 Å². The van der Waals surface area contributed by atoms with Crippen LogP contribution in [0.2, 0.25) is 0 Å². The van der Waals surface area contributed by atoms with Crippen LogP contribution in [0, 0.1) is 11.8 Å². The fraction of sp³-hybridized carbons (Fsp3) is 0.923. The van der Waals surface area contributed by atoms with Crippen molar-refractivity contribution in [3.05, 3.63) is 0 Å². The Morgan fingerprint density at radius 2 is 2.06 bits per heavy atom. The molecule has 18 heavy (non-hydrogen) atoms. The zero-order valence-corrected chi connectivity index (χ0v) is 12.1. The number of hydrogen-bond acceptors (Lipinski definition) is 4. The number of carbonyl (C=O) groups is 1. The van der Waals surface area contributed by atoms with Crippen LogP contribution in [0.25, 0.3) is 0 Å². The second-order valence-corrected chi connectivity index (χ2v) is 5.73. The number of nitrogens with two attached hydrogens (primary N) is 1. The van der Waals surface area contributed by atoms with Crippen molar-refractivity contribution < 1.29 is 4.79 Å². The Balaban J connectivity index is 2.41. The molecule has 1 heterocycles. The van der Waals surface area contributed by atoms with Gasteiger partial charge in [-0.3, -0.25) is 9.69 Å². The third kappa shape index (κ3) is 4.23. The number of nitrogens with one attached hydrogen (secondary N) is 1. The first-order valence-electron chi connectivity index (χ1n) is 6.82. The summed E-state index contributed by atoms with van der Waals surface area (Å²) in [5, 5.41) is 3.05. The molecule has 0 aliphatic carbocycles. The van der Waals surface area contributed by atoms with E-state index in [1.807, 2.05) is 13.8 Å². The average molecular weight is 256 g/mol. The van der Waals surface area contributed by atoms with E-state index in [0.29, 0.717) is 25.0 Å². The Bertz CT molecular complexity index is 270. The standard InChI is InChI=1S/C13H28N4O/c1-10(2)12(7-14)13(18)15-8-11-9-16(3)5-6-17(11)4/h10-12H,5-9,14H2,1-4H3,(H,15,18). The zero-order valence-electron chi connectivity index (χ0n) is 12.1. The van der Waals surface area contributed by atoms with Gasteiger partial charge in [0.05, 0.1) is 5.92 Å². The molecule has 3 N–H and O–H groups in total. The van der Waals surface area contributed by atoms with Gasteiger partial charge < -0.3 is 16.0 Å². The van der Waals surface area contributed by atoms with E-state index >= 15 is 0 Å². The van der Waals surface area contributed by atoms with Gasteiger partial charge in [-0.2, -0.15) is 0 Å². The molecule has 1 saturated heterocycles. The van der Waals surface area contributed by atoms with Gasteiger partial charge in [-0.05, 0) is 20.0 Å². The first kappa shape index (κ1) is 15.4. The van der Waals surface area contributed by atoms with Gasteiger partial charge in [0.1, 0.15) is 0 Å². The number of rotatable bonds is 5. The second-order valence-electron chi connectivity index (χ2n) is 5.73. The molecule has 5 nitrogen and oxygen atoms in total. The zero-order chi connectivity index (χ0) is 13.7. The Labute approximate surface area is 111 Å². The molecular formula is C13H28N4O. The van der Waals surface area contributed by atoms with Gasteiger partial charge in [0.15, 0.2) is 0 Å². The quantitative estimate of drug-likeness (QED) is 0.701. The maximum absolute atomic E-state index is 12.0. The van der Waals surface area contributed by atoms with E-state index in [1.165, 1.54) is 0 Å². The Morgan fingerprint density at radius 3 is 2.61 bits per heavy atom. The minimum absolute atomic E-state index is 0.0726. The molecule has 1 aliphatic rings. The molecule has 0 radical (unpaired) electrons.